The first-order valence-electron chi connectivity index (χ1n) is 9.46. The van der Waals surface area contributed by atoms with Gasteiger partial charge in [0.05, 0.1) is 19.4 Å². The molecular formula is C19H28N2O5S. The van der Waals surface area contributed by atoms with E-state index in [1.54, 1.807) is 16.3 Å². The first kappa shape index (κ1) is 19.9. The van der Waals surface area contributed by atoms with E-state index >= 15 is 0 Å². The number of carbonyl (C=O) groups is 1. The molecule has 2 fully saturated rings. The Balaban J connectivity index is 1.60. The third-order valence-corrected chi connectivity index (χ3v) is 7.29. The molecule has 2 aliphatic rings. The fourth-order valence-corrected chi connectivity index (χ4v) is 5.34. The van der Waals surface area contributed by atoms with Crippen LogP contribution in [0.4, 0.5) is 4.79 Å². The van der Waals surface area contributed by atoms with Gasteiger partial charge >= 0.3 is 6.09 Å². The van der Waals surface area contributed by atoms with Gasteiger partial charge in [0.2, 0.25) is 10.0 Å². The van der Waals surface area contributed by atoms with Crippen molar-refractivity contribution in [3.63, 3.8) is 0 Å². The van der Waals surface area contributed by atoms with Gasteiger partial charge in [0, 0.05) is 32.5 Å². The monoisotopic (exact) mass is 396 g/mol. The zero-order valence-corrected chi connectivity index (χ0v) is 16.8. The predicted octanol–water partition coefficient (Wildman–Crippen LogP) is 2.61. The van der Waals surface area contributed by atoms with Crippen molar-refractivity contribution in [1.29, 1.82) is 0 Å². The van der Waals surface area contributed by atoms with Crippen molar-refractivity contribution < 1.29 is 22.7 Å². The molecule has 27 heavy (non-hydrogen) atoms. The van der Waals surface area contributed by atoms with Crippen LogP contribution in [0.5, 0.6) is 5.75 Å². The molecule has 1 aromatic carbocycles. The highest BCUT2D eigenvalue weighted by Gasteiger charge is 2.48. The summed E-state index contributed by atoms with van der Waals surface area (Å²) >= 11 is 0. The summed E-state index contributed by atoms with van der Waals surface area (Å²) in [5.74, 6) is 0.943. The number of amides is 1. The van der Waals surface area contributed by atoms with Gasteiger partial charge in [0.1, 0.15) is 11.4 Å². The van der Waals surface area contributed by atoms with Crippen LogP contribution in [0.1, 0.15) is 38.2 Å². The van der Waals surface area contributed by atoms with Crippen molar-refractivity contribution in [2.75, 3.05) is 32.5 Å². The highest BCUT2D eigenvalue weighted by molar-refractivity contribution is 7.89. The van der Waals surface area contributed by atoms with E-state index in [0.29, 0.717) is 45.4 Å². The van der Waals surface area contributed by atoms with Crippen LogP contribution < -0.4 is 4.74 Å². The summed E-state index contributed by atoms with van der Waals surface area (Å²) in [6.45, 7) is 3.75. The molecule has 1 aromatic rings. The summed E-state index contributed by atoms with van der Waals surface area (Å²) in [5, 5.41) is 0. The number of ether oxygens (including phenoxy) is 2. The van der Waals surface area contributed by atoms with Crippen molar-refractivity contribution in [3.05, 3.63) is 29.8 Å². The van der Waals surface area contributed by atoms with E-state index in [9.17, 15) is 13.2 Å². The Morgan fingerprint density at radius 2 is 2.00 bits per heavy atom. The maximum atomic E-state index is 12.4. The Labute approximate surface area is 161 Å². The van der Waals surface area contributed by atoms with E-state index in [4.69, 9.17) is 9.47 Å². The van der Waals surface area contributed by atoms with Crippen LogP contribution in [0.25, 0.3) is 0 Å². The fourth-order valence-electron chi connectivity index (χ4n) is 3.69. The van der Waals surface area contributed by atoms with Gasteiger partial charge < -0.3 is 9.47 Å². The average Bonchev–Trinajstić information content (AvgIpc) is 2.95. The number of methoxy groups -OCH3 is 1. The Kier molecular flexibility index (Phi) is 5.95. The SMILES string of the molecule is CCCCS(=O)(=O)N1CCC2(CC1)CN(Cc1cccc(OC)c1)C(=O)O2. The summed E-state index contributed by atoms with van der Waals surface area (Å²) in [5.41, 5.74) is 0.398. The second-order valence-electron chi connectivity index (χ2n) is 7.33. The molecular weight excluding hydrogens is 368 g/mol. The minimum absolute atomic E-state index is 0.193. The highest BCUT2D eigenvalue weighted by Crippen LogP contribution is 2.35. The van der Waals surface area contributed by atoms with Gasteiger partial charge in [-0.25, -0.2) is 17.5 Å². The molecule has 0 radical (unpaired) electrons. The summed E-state index contributed by atoms with van der Waals surface area (Å²) in [6.07, 6.45) is 2.28. The van der Waals surface area contributed by atoms with E-state index < -0.39 is 15.6 Å². The second kappa shape index (κ2) is 8.06. The fraction of sp³-hybridized carbons (Fsp3) is 0.632. The van der Waals surface area contributed by atoms with E-state index in [2.05, 4.69) is 0 Å². The van der Waals surface area contributed by atoms with Gasteiger partial charge in [-0.3, -0.25) is 4.90 Å². The normalized spacial score (nSPS) is 20.1. The number of sulfonamides is 1. The van der Waals surface area contributed by atoms with Crippen LogP contribution in [-0.4, -0.2) is 61.8 Å². The highest BCUT2D eigenvalue weighted by atomic mass is 32.2. The Bertz CT molecular complexity index is 772. The molecule has 8 heteroatoms. The van der Waals surface area contributed by atoms with E-state index in [0.717, 1.165) is 17.7 Å². The zero-order chi connectivity index (χ0) is 19.5. The Morgan fingerprint density at radius 1 is 1.26 bits per heavy atom. The number of benzene rings is 1. The van der Waals surface area contributed by atoms with Crippen LogP contribution in [0, 0.1) is 0 Å². The lowest BCUT2D eigenvalue weighted by atomic mass is 9.92. The molecule has 0 unspecified atom stereocenters. The summed E-state index contributed by atoms with van der Waals surface area (Å²) < 4.78 is 37.2. The summed E-state index contributed by atoms with van der Waals surface area (Å²) in [7, 11) is -1.60. The number of piperidine rings is 1. The number of unbranched alkanes of at least 4 members (excludes halogenated alkanes) is 1. The van der Waals surface area contributed by atoms with Crippen LogP contribution >= 0.6 is 0 Å². The Hall–Kier alpha value is -1.80. The van der Waals surface area contributed by atoms with Gasteiger partial charge in [-0.15, -0.1) is 0 Å². The van der Waals surface area contributed by atoms with Gasteiger partial charge in [-0.2, -0.15) is 0 Å². The van der Waals surface area contributed by atoms with E-state index in [-0.39, 0.29) is 11.8 Å². The van der Waals surface area contributed by atoms with Crippen LogP contribution in [0.15, 0.2) is 24.3 Å². The average molecular weight is 397 g/mol. The molecule has 3 rings (SSSR count). The van der Waals surface area contributed by atoms with Crippen LogP contribution in [-0.2, 0) is 21.3 Å². The van der Waals surface area contributed by atoms with Gasteiger partial charge in [0.15, 0.2) is 0 Å². The lowest BCUT2D eigenvalue weighted by molar-refractivity contribution is 0.0172. The minimum atomic E-state index is -3.21. The van der Waals surface area contributed by atoms with Crippen LogP contribution in [0.2, 0.25) is 0 Å². The standard InChI is InChI=1S/C19H28N2O5S/c1-3-4-12-27(23,24)21-10-8-19(9-11-21)15-20(18(22)26-19)14-16-6-5-7-17(13-16)25-2/h5-7,13H,3-4,8-12,14-15H2,1-2H3. The zero-order valence-electron chi connectivity index (χ0n) is 16.0. The number of carbonyl (C=O) groups excluding carboxylic acids is 1. The first-order chi connectivity index (χ1) is 12.9. The predicted molar refractivity (Wildman–Crippen MR) is 102 cm³/mol. The second-order valence-corrected chi connectivity index (χ2v) is 9.42. The molecule has 0 atom stereocenters. The molecule has 2 saturated heterocycles. The quantitative estimate of drug-likeness (QED) is 0.708. The molecule has 150 valence electrons. The number of nitrogens with zero attached hydrogens (tertiary/aromatic N) is 2. The van der Waals surface area contributed by atoms with Gasteiger partial charge in [0.25, 0.3) is 0 Å². The first-order valence-corrected chi connectivity index (χ1v) is 11.1. The van der Waals surface area contributed by atoms with Crippen molar-refractivity contribution in [3.8, 4) is 5.75 Å². The largest absolute Gasteiger partial charge is 0.497 e. The number of hydrogen-bond acceptors (Lipinski definition) is 5. The number of hydrogen-bond donors (Lipinski definition) is 0. The molecule has 0 N–H and O–H groups in total. The third-order valence-electron chi connectivity index (χ3n) is 5.33. The smallest absolute Gasteiger partial charge is 0.410 e. The van der Waals surface area contributed by atoms with Crippen molar-refractivity contribution in [1.82, 2.24) is 9.21 Å². The van der Waals surface area contributed by atoms with Crippen molar-refractivity contribution in [2.45, 2.75) is 44.8 Å². The molecule has 0 bridgehead atoms. The summed E-state index contributed by atoms with van der Waals surface area (Å²) in [6, 6.07) is 7.61. The molecule has 2 aliphatic heterocycles. The number of rotatable bonds is 7. The minimum Gasteiger partial charge on any atom is -0.497 e. The Morgan fingerprint density at radius 3 is 2.67 bits per heavy atom. The maximum absolute atomic E-state index is 12.4. The molecule has 1 spiro atoms. The van der Waals surface area contributed by atoms with Gasteiger partial charge in [-0.05, 0) is 24.1 Å². The topological polar surface area (TPSA) is 76.2 Å². The molecule has 1 amide bonds. The molecule has 7 nitrogen and oxygen atoms in total. The third kappa shape index (κ3) is 4.55. The maximum Gasteiger partial charge on any atom is 0.410 e. The summed E-state index contributed by atoms with van der Waals surface area (Å²) in [4.78, 5) is 14.1. The molecule has 0 aromatic heterocycles. The lowest BCUT2D eigenvalue weighted by Crippen LogP contribution is -2.49. The van der Waals surface area contributed by atoms with Gasteiger partial charge in [-0.1, -0.05) is 25.5 Å². The van der Waals surface area contributed by atoms with E-state index in [1.807, 2.05) is 31.2 Å². The van der Waals surface area contributed by atoms with Crippen molar-refractivity contribution >= 4 is 16.1 Å². The van der Waals surface area contributed by atoms with Crippen LogP contribution in [0.3, 0.4) is 0 Å². The molecule has 0 saturated carbocycles. The van der Waals surface area contributed by atoms with E-state index in [1.165, 1.54) is 0 Å². The molecule has 0 aliphatic carbocycles. The molecule has 2 heterocycles. The van der Waals surface area contributed by atoms with Crippen molar-refractivity contribution in [2.24, 2.45) is 0 Å². The lowest BCUT2D eigenvalue weighted by Gasteiger charge is -2.36.